The molecule has 0 saturated carbocycles. The average Bonchev–Trinajstić information content (AvgIpc) is 2.25. The number of morpholine rings is 1. The molecule has 2 fully saturated rings. The van der Waals surface area contributed by atoms with Crippen molar-refractivity contribution in [2.24, 2.45) is 0 Å². The third kappa shape index (κ3) is 7.17. The van der Waals surface area contributed by atoms with Gasteiger partial charge in [-0.25, -0.2) is 0 Å². The molecule has 0 unspecified atom stereocenters. The molecule has 0 amide bonds. The zero-order chi connectivity index (χ0) is 11.1. The van der Waals surface area contributed by atoms with Gasteiger partial charge < -0.3 is 19.4 Å². The summed E-state index contributed by atoms with van der Waals surface area (Å²) in [7, 11) is 6.46. The highest BCUT2D eigenvalue weighted by Crippen LogP contribution is 1.93. The lowest BCUT2D eigenvalue weighted by atomic mass is 10.4. The third-order valence-corrected chi connectivity index (χ3v) is 2.96. The lowest BCUT2D eigenvalue weighted by Crippen LogP contribution is -2.42. The summed E-state index contributed by atoms with van der Waals surface area (Å²) in [6.45, 7) is 8.95. The van der Waals surface area contributed by atoms with Crippen LogP contribution in [0.2, 0.25) is 0 Å². The van der Waals surface area contributed by atoms with E-state index in [1.807, 2.05) is 0 Å². The van der Waals surface area contributed by atoms with E-state index in [1.54, 1.807) is 0 Å². The standard InChI is InChI=1S/C6H14N2.C5H11NO.CH4/c1-7-3-5-8(2)6-4-7;1-6-2-4-7-5-3-6;/h3-6H2,1-2H3;2-5H2,1H3;1H4. The summed E-state index contributed by atoms with van der Waals surface area (Å²) < 4.78 is 5.10. The predicted octanol–water partition coefficient (Wildman–Crippen LogP) is 0.448. The summed E-state index contributed by atoms with van der Waals surface area (Å²) in [6.07, 6.45) is 0. The summed E-state index contributed by atoms with van der Waals surface area (Å²) >= 11 is 0. The van der Waals surface area contributed by atoms with Crippen molar-refractivity contribution >= 4 is 0 Å². The van der Waals surface area contributed by atoms with Gasteiger partial charge in [0.05, 0.1) is 13.2 Å². The second-order valence-electron chi connectivity index (χ2n) is 4.52. The van der Waals surface area contributed by atoms with Gasteiger partial charge in [-0.15, -0.1) is 0 Å². The monoisotopic (exact) mass is 231 g/mol. The van der Waals surface area contributed by atoms with E-state index in [1.165, 1.54) is 26.2 Å². The molecule has 2 aliphatic rings. The van der Waals surface area contributed by atoms with Crippen molar-refractivity contribution in [2.45, 2.75) is 7.43 Å². The number of hydrogen-bond donors (Lipinski definition) is 0. The van der Waals surface area contributed by atoms with Gasteiger partial charge in [-0.1, -0.05) is 7.43 Å². The molecule has 0 radical (unpaired) electrons. The van der Waals surface area contributed by atoms with Gasteiger partial charge in [-0.2, -0.15) is 0 Å². The second kappa shape index (κ2) is 8.93. The Morgan fingerprint density at radius 1 is 0.625 bits per heavy atom. The van der Waals surface area contributed by atoms with Gasteiger partial charge >= 0.3 is 0 Å². The fourth-order valence-electron chi connectivity index (χ4n) is 1.56. The molecule has 0 bridgehead atoms. The Labute approximate surface area is 101 Å². The van der Waals surface area contributed by atoms with Crippen LogP contribution in [0, 0.1) is 0 Å². The maximum atomic E-state index is 5.10. The normalized spacial score (nSPS) is 24.2. The van der Waals surface area contributed by atoms with Crippen molar-refractivity contribution < 1.29 is 4.74 Å². The molecule has 98 valence electrons. The van der Waals surface area contributed by atoms with E-state index in [2.05, 4.69) is 35.8 Å². The Kier molecular flexibility index (Phi) is 8.84. The highest BCUT2D eigenvalue weighted by molar-refractivity contribution is 4.64. The average molecular weight is 231 g/mol. The largest absolute Gasteiger partial charge is 0.379 e. The first kappa shape index (κ1) is 15.8. The second-order valence-corrected chi connectivity index (χ2v) is 4.52. The van der Waals surface area contributed by atoms with Crippen molar-refractivity contribution in [3.05, 3.63) is 0 Å². The minimum atomic E-state index is 0. The van der Waals surface area contributed by atoms with Gasteiger partial charge in [-0.05, 0) is 21.1 Å². The molecule has 0 aromatic heterocycles. The highest BCUT2D eigenvalue weighted by Gasteiger charge is 2.07. The van der Waals surface area contributed by atoms with Crippen LogP contribution in [0.15, 0.2) is 0 Å². The number of rotatable bonds is 0. The molecule has 4 nitrogen and oxygen atoms in total. The zero-order valence-corrected chi connectivity index (χ0v) is 10.4. The summed E-state index contributed by atoms with van der Waals surface area (Å²) in [5.74, 6) is 0. The first-order valence-corrected chi connectivity index (χ1v) is 5.82. The van der Waals surface area contributed by atoms with Crippen LogP contribution in [0.1, 0.15) is 7.43 Å². The zero-order valence-electron chi connectivity index (χ0n) is 10.4. The Balaban J connectivity index is 0.000000267. The van der Waals surface area contributed by atoms with Crippen LogP contribution in [0.3, 0.4) is 0 Å². The lowest BCUT2D eigenvalue weighted by molar-refractivity contribution is 0.0503. The fourth-order valence-corrected chi connectivity index (χ4v) is 1.56. The molecule has 0 atom stereocenters. The first-order chi connectivity index (χ1) is 7.18. The molecule has 0 aromatic rings. The predicted molar refractivity (Wildman–Crippen MR) is 70.0 cm³/mol. The van der Waals surface area contributed by atoms with Crippen molar-refractivity contribution in [3.8, 4) is 0 Å². The lowest BCUT2D eigenvalue weighted by Gasteiger charge is -2.28. The van der Waals surface area contributed by atoms with Crippen LogP contribution in [-0.4, -0.2) is 88.3 Å². The highest BCUT2D eigenvalue weighted by atomic mass is 16.5. The van der Waals surface area contributed by atoms with Gasteiger partial charge in [0.15, 0.2) is 0 Å². The van der Waals surface area contributed by atoms with E-state index in [-0.39, 0.29) is 7.43 Å². The van der Waals surface area contributed by atoms with E-state index in [0.717, 1.165) is 26.3 Å². The SMILES string of the molecule is C.CN1CCN(C)CC1.CN1CCOCC1. The number of ether oxygens (including phenoxy) is 1. The van der Waals surface area contributed by atoms with E-state index < -0.39 is 0 Å². The summed E-state index contributed by atoms with van der Waals surface area (Å²) in [5, 5.41) is 0. The summed E-state index contributed by atoms with van der Waals surface area (Å²) in [6, 6.07) is 0. The maximum absolute atomic E-state index is 5.10. The minimum Gasteiger partial charge on any atom is -0.379 e. The Bertz CT molecular complexity index is 142. The molecule has 0 spiro atoms. The van der Waals surface area contributed by atoms with Crippen molar-refractivity contribution in [3.63, 3.8) is 0 Å². The van der Waals surface area contributed by atoms with Crippen molar-refractivity contribution in [2.75, 3.05) is 73.6 Å². The van der Waals surface area contributed by atoms with Crippen LogP contribution in [-0.2, 0) is 4.74 Å². The summed E-state index contributed by atoms with van der Waals surface area (Å²) in [4.78, 5) is 6.99. The van der Waals surface area contributed by atoms with Gasteiger partial charge in [0.2, 0.25) is 0 Å². The maximum Gasteiger partial charge on any atom is 0.0594 e. The number of nitrogens with zero attached hydrogens (tertiary/aromatic N) is 3. The van der Waals surface area contributed by atoms with Gasteiger partial charge in [0, 0.05) is 39.3 Å². The Morgan fingerprint density at radius 2 is 0.938 bits per heavy atom. The van der Waals surface area contributed by atoms with Gasteiger partial charge in [0.1, 0.15) is 0 Å². The van der Waals surface area contributed by atoms with Crippen LogP contribution in [0.25, 0.3) is 0 Å². The summed E-state index contributed by atoms with van der Waals surface area (Å²) in [5.41, 5.74) is 0. The number of piperazine rings is 1. The van der Waals surface area contributed by atoms with Crippen molar-refractivity contribution in [1.29, 1.82) is 0 Å². The third-order valence-electron chi connectivity index (χ3n) is 2.96. The molecule has 0 N–H and O–H groups in total. The molecule has 16 heavy (non-hydrogen) atoms. The number of likely N-dealkylation sites (N-methyl/N-ethyl adjacent to an activating group) is 3. The molecule has 4 heteroatoms. The molecule has 2 aliphatic heterocycles. The Hall–Kier alpha value is -0.160. The van der Waals surface area contributed by atoms with Crippen LogP contribution >= 0.6 is 0 Å². The molecule has 2 rings (SSSR count). The van der Waals surface area contributed by atoms with Crippen LogP contribution in [0.5, 0.6) is 0 Å². The fraction of sp³-hybridized carbons (Fsp3) is 1.00. The van der Waals surface area contributed by atoms with E-state index in [4.69, 9.17) is 4.74 Å². The van der Waals surface area contributed by atoms with Gasteiger partial charge in [-0.3, -0.25) is 0 Å². The van der Waals surface area contributed by atoms with Crippen LogP contribution in [0.4, 0.5) is 0 Å². The molecule has 2 saturated heterocycles. The molecule has 2 heterocycles. The molecular formula is C12H29N3O. The van der Waals surface area contributed by atoms with E-state index in [9.17, 15) is 0 Å². The van der Waals surface area contributed by atoms with Gasteiger partial charge in [0.25, 0.3) is 0 Å². The molecule has 0 aromatic carbocycles. The minimum absolute atomic E-state index is 0. The number of hydrogen-bond acceptors (Lipinski definition) is 4. The topological polar surface area (TPSA) is 19.0 Å². The molecule has 0 aliphatic carbocycles. The van der Waals surface area contributed by atoms with Crippen molar-refractivity contribution in [1.82, 2.24) is 14.7 Å². The van der Waals surface area contributed by atoms with E-state index in [0.29, 0.717) is 0 Å². The van der Waals surface area contributed by atoms with E-state index >= 15 is 0 Å². The first-order valence-electron chi connectivity index (χ1n) is 5.82. The quantitative estimate of drug-likeness (QED) is 0.602. The Morgan fingerprint density at radius 3 is 1.19 bits per heavy atom. The van der Waals surface area contributed by atoms with Crippen LogP contribution < -0.4 is 0 Å². The molecular weight excluding hydrogens is 202 g/mol. The smallest absolute Gasteiger partial charge is 0.0594 e.